The molecule has 3 rings (SSSR count). The second-order valence-corrected chi connectivity index (χ2v) is 6.65. The van der Waals surface area contributed by atoms with E-state index in [2.05, 4.69) is 22.0 Å². The first-order valence-electron chi connectivity index (χ1n) is 6.94. The van der Waals surface area contributed by atoms with E-state index in [-0.39, 0.29) is 0 Å². The molecule has 2 aromatic rings. The summed E-state index contributed by atoms with van der Waals surface area (Å²) in [5, 5.41) is 5.30. The normalized spacial score (nSPS) is 15.8. The Morgan fingerprint density at radius 3 is 2.85 bits per heavy atom. The smallest absolute Gasteiger partial charge is 0.0727 e. The molecule has 0 amide bonds. The Kier molecular flexibility index (Phi) is 4.22. The van der Waals surface area contributed by atoms with E-state index in [4.69, 9.17) is 17.3 Å². The van der Waals surface area contributed by atoms with E-state index < -0.39 is 0 Å². The summed E-state index contributed by atoms with van der Waals surface area (Å²) in [6.07, 6.45) is 7.31. The van der Waals surface area contributed by atoms with E-state index in [1.807, 2.05) is 18.2 Å². The molecular weight excluding hydrogens is 290 g/mol. The molecular formula is C15H18ClN3S. The van der Waals surface area contributed by atoms with Crippen molar-refractivity contribution in [3.63, 3.8) is 0 Å². The standard InChI is InChI=1S/C15H18ClN3S/c16-14-9-13(5-6-15(14)17)20-10-11-7-8-19(18-11)12-3-1-2-4-12/h5-9,12H,1-4,10,17H2. The molecule has 5 heteroatoms. The number of halogens is 1. The van der Waals surface area contributed by atoms with Crippen molar-refractivity contribution in [3.8, 4) is 0 Å². The zero-order chi connectivity index (χ0) is 13.9. The van der Waals surface area contributed by atoms with Crippen LogP contribution in [0.2, 0.25) is 5.02 Å². The molecule has 0 saturated heterocycles. The topological polar surface area (TPSA) is 43.8 Å². The van der Waals surface area contributed by atoms with Gasteiger partial charge in [0, 0.05) is 16.8 Å². The fourth-order valence-electron chi connectivity index (χ4n) is 2.58. The molecule has 0 radical (unpaired) electrons. The molecule has 106 valence electrons. The van der Waals surface area contributed by atoms with Gasteiger partial charge in [-0.2, -0.15) is 5.10 Å². The number of benzene rings is 1. The Morgan fingerprint density at radius 2 is 2.10 bits per heavy atom. The first kappa shape index (κ1) is 13.8. The number of nitrogens with two attached hydrogens (primary N) is 1. The fourth-order valence-corrected chi connectivity index (χ4v) is 3.66. The molecule has 0 atom stereocenters. The zero-order valence-electron chi connectivity index (χ0n) is 11.3. The summed E-state index contributed by atoms with van der Waals surface area (Å²) < 4.78 is 2.14. The van der Waals surface area contributed by atoms with Crippen LogP contribution in [0.15, 0.2) is 35.4 Å². The molecule has 1 fully saturated rings. The van der Waals surface area contributed by atoms with Crippen LogP contribution in [0, 0.1) is 0 Å². The molecule has 1 aliphatic rings. The van der Waals surface area contributed by atoms with E-state index >= 15 is 0 Å². The quantitative estimate of drug-likeness (QED) is 0.667. The van der Waals surface area contributed by atoms with Crippen LogP contribution in [0.25, 0.3) is 0 Å². The lowest BCUT2D eigenvalue weighted by Gasteiger charge is -2.08. The Morgan fingerprint density at radius 1 is 1.30 bits per heavy atom. The maximum atomic E-state index is 6.03. The van der Waals surface area contributed by atoms with E-state index in [0.717, 1.165) is 16.3 Å². The number of rotatable bonds is 4. The Balaban J connectivity index is 1.61. The van der Waals surface area contributed by atoms with Crippen molar-refractivity contribution in [1.29, 1.82) is 0 Å². The van der Waals surface area contributed by atoms with E-state index in [9.17, 15) is 0 Å². The van der Waals surface area contributed by atoms with Gasteiger partial charge in [0.05, 0.1) is 22.4 Å². The molecule has 0 unspecified atom stereocenters. The minimum absolute atomic E-state index is 0.611. The number of anilines is 1. The molecule has 1 saturated carbocycles. The molecule has 0 spiro atoms. The van der Waals surface area contributed by atoms with Gasteiger partial charge in [-0.25, -0.2) is 0 Å². The molecule has 2 N–H and O–H groups in total. The van der Waals surface area contributed by atoms with Crippen LogP contribution in [0.4, 0.5) is 5.69 Å². The molecule has 1 aromatic heterocycles. The first-order valence-corrected chi connectivity index (χ1v) is 8.30. The molecule has 1 heterocycles. The minimum atomic E-state index is 0.611. The fraction of sp³-hybridized carbons (Fsp3) is 0.400. The SMILES string of the molecule is Nc1ccc(SCc2ccn(C3CCCC3)n2)cc1Cl. The predicted molar refractivity (Wildman–Crippen MR) is 85.2 cm³/mol. The summed E-state index contributed by atoms with van der Waals surface area (Å²) in [6, 6.07) is 8.49. The molecule has 20 heavy (non-hydrogen) atoms. The highest BCUT2D eigenvalue weighted by Gasteiger charge is 2.17. The van der Waals surface area contributed by atoms with Crippen LogP contribution < -0.4 is 5.73 Å². The lowest BCUT2D eigenvalue weighted by molar-refractivity contribution is 0.464. The van der Waals surface area contributed by atoms with Gasteiger partial charge in [0.2, 0.25) is 0 Å². The maximum Gasteiger partial charge on any atom is 0.0727 e. The lowest BCUT2D eigenvalue weighted by atomic mass is 10.3. The molecule has 0 bridgehead atoms. The Bertz CT molecular complexity index is 591. The number of aromatic nitrogens is 2. The van der Waals surface area contributed by atoms with Crippen molar-refractivity contribution in [1.82, 2.24) is 9.78 Å². The number of nitrogen functional groups attached to an aromatic ring is 1. The molecule has 3 nitrogen and oxygen atoms in total. The number of hydrogen-bond donors (Lipinski definition) is 1. The van der Waals surface area contributed by atoms with Crippen molar-refractivity contribution < 1.29 is 0 Å². The predicted octanol–water partition coefficient (Wildman–Crippen LogP) is 4.53. The Hall–Kier alpha value is -1.13. The molecule has 1 aliphatic carbocycles. The second-order valence-electron chi connectivity index (χ2n) is 5.20. The van der Waals surface area contributed by atoms with Crippen molar-refractivity contribution in [2.24, 2.45) is 0 Å². The maximum absolute atomic E-state index is 6.03. The van der Waals surface area contributed by atoms with Gasteiger partial charge in [0.1, 0.15) is 0 Å². The monoisotopic (exact) mass is 307 g/mol. The number of thioether (sulfide) groups is 1. The lowest BCUT2D eigenvalue weighted by Crippen LogP contribution is -2.05. The highest BCUT2D eigenvalue weighted by Crippen LogP contribution is 2.30. The van der Waals surface area contributed by atoms with Crippen LogP contribution in [0.1, 0.15) is 37.4 Å². The molecule has 1 aromatic carbocycles. The first-order chi connectivity index (χ1) is 9.72. The third-order valence-electron chi connectivity index (χ3n) is 3.72. The van der Waals surface area contributed by atoms with Crippen LogP contribution >= 0.6 is 23.4 Å². The summed E-state index contributed by atoms with van der Waals surface area (Å²) >= 11 is 7.76. The zero-order valence-corrected chi connectivity index (χ0v) is 12.8. The van der Waals surface area contributed by atoms with Crippen LogP contribution in [0.5, 0.6) is 0 Å². The van der Waals surface area contributed by atoms with Gasteiger partial charge in [-0.1, -0.05) is 24.4 Å². The van der Waals surface area contributed by atoms with Gasteiger partial charge < -0.3 is 5.73 Å². The van der Waals surface area contributed by atoms with Crippen molar-refractivity contribution >= 4 is 29.1 Å². The minimum Gasteiger partial charge on any atom is -0.398 e. The van der Waals surface area contributed by atoms with E-state index in [0.29, 0.717) is 16.8 Å². The third-order valence-corrected chi connectivity index (χ3v) is 5.08. The second kappa shape index (κ2) is 6.10. The highest BCUT2D eigenvalue weighted by atomic mass is 35.5. The van der Waals surface area contributed by atoms with Gasteiger partial charge in [0.15, 0.2) is 0 Å². The van der Waals surface area contributed by atoms with Crippen LogP contribution in [-0.4, -0.2) is 9.78 Å². The largest absolute Gasteiger partial charge is 0.398 e. The van der Waals surface area contributed by atoms with Crippen molar-refractivity contribution in [3.05, 3.63) is 41.2 Å². The van der Waals surface area contributed by atoms with Gasteiger partial charge >= 0.3 is 0 Å². The molecule has 0 aliphatic heterocycles. The van der Waals surface area contributed by atoms with E-state index in [1.54, 1.807) is 11.8 Å². The van der Waals surface area contributed by atoms with Gasteiger partial charge in [-0.3, -0.25) is 4.68 Å². The Labute approximate surface area is 128 Å². The van der Waals surface area contributed by atoms with Crippen molar-refractivity contribution in [2.45, 2.75) is 42.4 Å². The summed E-state index contributed by atoms with van der Waals surface area (Å²) in [7, 11) is 0. The average Bonchev–Trinajstić information content (AvgIpc) is 3.09. The van der Waals surface area contributed by atoms with Gasteiger partial charge in [-0.15, -0.1) is 11.8 Å². The highest BCUT2D eigenvalue weighted by molar-refractivity contribution is 7.98. The summed E-state index contributed by atoms with van der Waals surface area (Å²) in [6.45, 7) is 0. The van der Waals surface area contributed by atoms with E-state index in [1.165, 1.54) is 25.7 Å². The van der Waals surface area contributed by atoms with Crippen molar-refractivity contribution in [2.75, 3.05) is 5.73 Å². The van der Waals surface area contributed by atoms with Gasteiger partial charge in [-0.05, 0) is 37.1 Å². The summed E-state index contributed by atoms with van der Waals surface area (Å²) in [4.78, 5) is 1.12. The summed E-state index contributed by atoms with van der Waals surface area (Å²) in [5.41, 5.74) is 7.46. The average molecular weight is 308 g/mol. The van der Waals surface area contributed by atoms with Crippen LogP contribution in [0.3, 0.4) is 0 Å². The third kappa shape index (κ3) is 3.13. The van der Waals surface area contributed by atoms with Crippen LogP contribution in [-0.2, 0) is 5.75 Å². The van der Waals surface area contributed by atoms with Gasteiger partial charge in [0.25, 0.3) is 0 Å². The number of nitrogens with zero attached hydrogens (tertiary/aromatic N) is 2. The summed E-state index contributed by atoms with van der Waals surface area (Å²) in [5.74, 6) is 0.861. The number of hydrogen-bond acceptors (Lipinski definition) is 3.